The van der Waals surface area contributed by atoms with E-state index in [1.165, 1.54) is 18.2 Å². The first-order valence-corrected chi connectivity index (χ1v) is 7.68. The van der Waals surface area contributed by atoms with Crippen LogP contribution in [0.5, 0.6) is 5.75 Å². The molecule has 1 aromatic carbocycles. The third-order valence-corrected chi connectivity index (χ3v) is 3.94. The van der Waals surface area contributed by atoms with Gasteiger partial charge in [0, 0.05) is 11.5 Å². The van der Waals surface area contributed by atoms with Gasteiger partial charge < -0.3 is 4.74 Å². The first-order valence-electron chi connectivity index (χ1n) is 5.17. The van der Waals surface area contributed by atoms with Crippen LogP contribution < -0.4 is 9.88 Å². The van der Waals surface area contributed by atoms with E-state index in [2.05, 4.69) is 15.9 Å². The minimum atomic E-state index is -3.57. The molecule has 0 fully saturated rings. The second-order valence-electron chi connectivity index (χ2n) is 4.83. The minimum absolute atomic E-state index is 0.117. The molecule has 0 radical (unpaired) electrons. The lowest BCUT2D eigenvalue weighted by atomic mass is 9.98. The molecule has 0 spiro atoms. The molecular weight excluding hydrogens is 325 g/mol. The molecule has 4 nitrogen and oxygen atoms in total. The Morgan fingerprint density at radius 1 is 1.44 bits per heavy atom. The predicted octanol–water partition coefficient (Wildman–Crippen LogP) is 2.28. The van der Waals surface area contributed by atoms with Gasteiger partial charge in [-0.25, -0.2) is 17.9 Å². The standard InChI is InChI=1S/C11H15BrFNO3S/c1-11(2,7-18(14,15)16)6-17-10-5-8(13)3-4-9(10)12/h3-5H,6-7H2,1-2H3,(H2,14,15,16). The highest BCUT2D eigenvalue weighted by molar-refractivity contribution is 9.10. The van der Waals surface area contributed by atoms with Crippen LogP contribution in [-0.2, 0) is 10.0 Å². The summed E-state index contributed by atoms with van der Waals surface area (Å²) in [5, 5.41) is 4.99. The van der Waals surface area contributed by atoms with Crippen LogP contribution in [0.3, 0.4) is 0 Å². The van der Waals surface area contributed by atoms with Crippen molar-refractivity contribution in [2.24, 2.45) is 10.6 Å². The second kappa shape index (κ2) is 5.54. The fourth-order valence-electron chi connectivity index (χ4n) is 1.45. The van der Waals surface area contributed by atoms with E-state index >= 15 is 0 Å². The number of hydrogen-bond donors (Lipinski definition) is 1. The molecule has 0 amide bonds. The van der Waals surface area contributed by atoms with Crippen LogP contribution in [0, 0.1) is 11.2 Å². The summed E-state index contributed by atoms with van der Waals surface area (Å²) in [4.78, 5) is 0. The number of sulfonamides is 1. The van der Waals surface area contributed by atoms with Gasteiger partial charge in [-0.15, -0.1) is 0 Å². The van der Waals surface area contributed by atoms with Gasteiger partial charge in [-0.1, -0.05) is 13.8 Å². The molecule has 0 heterocycles. The van der Waals surface area contributed by atoms with Crippen molar-refractivity contribution in [3.05, 3.63) is 28.5 Å². The zero-order valence-corrected chi connectivity index (χ0v) is 12.5. The molecule has 0 saturated carbocycles. The number of ether oxygens (including phenoxy) is 1. The van der Waals surface area contributed by atoms with Gasteiger partial charge in [-0.3, -0.25) is 0 Å². The number of primary sulfonamides is 1. The van der Waals surface area contributed by atoms with Crippen LogP contribution in [0.25, 0.3) is 0 Å². The van der Waals surface area contributed by atoms with Crippen molar-refractivity contribution < 1.29 is 17.5 Å². The van der Waals surface area contributed by atoms with Gasteiger partial charge in [0.05, 0.1) is 16.8 Å². The number of rotatable bonds is 5. The van der Waals surface area contributed by atoms with E-state index in [0.29, 0.717) is 10.2 Å². The van der Waals surface area contributed by atoms with E-state index in [4.69, 9.17) is 9.88 Å². The number of hydrogen-bond acceptors (Lipinski definition) is 3. The Morgan fingerprint density at radius 3 is 2.61 bits per heavy atom. The Balaban J connectivity index is 2.72. The third-order valence-electron chi connectivity index (χ3n) is 2.10. The molecule has 0 aromatic heterocycles. The lowest BCUT2D eigenvalue weighted by Gasteiger charge is -2.23. The van der Waals surface area contributed by atoms with Crippen LogP contribution in [0.2, 0.25) is 0 Å². The molecule has 0 unspecified atom stereocenters. The fourth-order valence-corrected chi connectivity index (χ4v) is 2.98. The highest BCUT2D eigenvalue weighted by Gasteiger charge is 2.25. The Morgan fingerprint density at radius 2 is 2.06 bits per heavy atom. The molecule has 102 valence electrons. The SMILES string of the molecule is CC(C)(COc1cc(F)ccc1Br)CS(N)(=O)=O. The molecule has 0 bridgehead atoms. The van der Waals surface area contributed by atoms with E-state index in [1.54, 1.807) is 13.8 Å². The Bertz CT molecular complexity index is 531. The lowest BCUT2D eigenvalue weighted by Crippen LogP contribution is -2.33. The summed E-state index contributed by atoms with van der Waals surface area (Å²) < 4.78 is 41.1. The van der Waals surface area contributed by atoms with Crippen molar-refractivity contribution in [2.45, 2.75) is 13.8 Å². The van der Waals surface area contributed by atoms with E-state index in [0.717, 1.165) is 0 Å². The summed E-state index contributed by atoms with van der Waals surface area (Å²) in [6.07, 6.45) is 0. The first-order chi connectivity index (χ1) is 8.09. The van der Waals surface area contributed by atoms with Crippen molar-refractivity contribution in [2.75, 3.05) is 12.4 Å². The highest BCUT2D eigenvalue weighted by Crippen LogP contribution is 2.27. The van der Waals surface area contributed by atoms with Gasteiger partial charge in [0.25, 0.3) is 0 Å². The topological polar surface area (TPSA) is 69.4 Å². The van der Waals surface area contributed by atoms with E-state index < -0.39 is 21.3 Å². The quantitative estimate of drug-likeness (QED) is 0.894. The summed E-state index contributed by atoms with van der Waals surface area (Å²) in [6, 6.07) is 4.06. The lowest BCUT2D eigenvalue weighted by molar-refractivity contribution is 0.198. The van der Waals surface area contributed by atoms with Gasteiger partial charge in [0.15, 0.2) is 0 Å². The largest absolute Gasteiger partial charge is 0.492 e. The zero-order valence-electron chi connectivity index (χ0n) is 10.1. The molecule has 7 heteroatoms. The van der Waals surface area contributed by atoms with E-state index in [9.17, 15) is 12.8 Å². The van der Waals surface area contributed by atoms with Crippen molar-refractivity contribution >= 4 is 26.0 Å². The average Bonchev–Trinajstić information content (AvgIpc) is 2.16. The first kappa shape index (κ1) is 15.4. The molecule has 0 atom stereocenters. The summed E-state index contributed by atoms with van der Waals surface area (Å²) in [7, 11) is -3.57. The predicted molar refractivity (Wildman–Crippen MR) is 71.4 cm³/mol. The molecule has 0 aliphatic heterocycles. The molecule has 0 saturated heterocycles. The summed E-state index contributed by atoms with van der Waals surface area (Å²) in [5.74, 6) is -0.289. The van der Waals surface area contributed by atoms with Crippen molar-refractivity contribution in [1.82, 2.24) is 0 Å². The van der Waals surface area contributed by atoms with Crippen molar-refractivity contribution in [1.29, 1.82) is 0 Å². The molecule has 18 heavy (non-hydrogen) atoms. The second-order valence-corrected chi connectivity index (χ2v) is 7.30. The number of halogens is 2. The monoisotopic (exact) mass is 339 g/mol. The molecule has 2 N–H and O–H groups in total. The van der Waals surface area contributed by atoms with Gasteiger partial charge >= 0.3 is 0 Å². The zero-order chi connectivity index (χ0) is 14.0. The third kappa shape index (κ3) is 5.32. The van der Waals surface area contributed by atoms with Crippen LogP contribution in [-0.4, -0.2) is 20.8 Å². The summed E-state index contributed by atoms with van der Waals surface area (Å²) >= 11 is 3.22. The maximum Gasteiger partial charge on any atom is 0.209 e. The van der Waals surface area contributed by atoms with Crippen LogP contribution in [0.15, 0.2) is 22.7 Å². The minimum Gasteiger partial charge on any atom is -0.492 e. The Hall–Kier alpha value is -0.660. The number of benzene rings is 1. The van der Waals surface area contributed by atoms with Crippen LogP contribution >= 0.6 is 15.9 Å². The molecule has 0 aliphatic carbocycles. The van der Waals surface area contributed by atoms with E-state index in [1.807, 2.05) is 0 Å². The maximum atomic E-state index is 13.0. The van der Waals surface area contributed by atoms with Crippen LogP contribution in [0.4, 0.5) is 4.39 Å². The fraction of sp³-hybridized carbons (Fsp3) is 0.455. The van der Waals surface area contributed by atoms with Gasteiger partial charge in [-0.05, 0) is 28.1 Å². The highest BCUT2D eigenvalue weighted by atomic mass is 79.9. The summed E-state index contributed by atoms with van der Waals surface area (Å²) in [6.45, 7) is 3.54. The smallest absolute Gasteiger partial charge is 0.209 e. The normalized spacial score (nSPS) is 12.5. The molecule has 0 aliphatic rings. The van der Waals surface area contributed by atoms with E-state index in [-0.39, 0.29) is 12.4 Å². The molecule has 1 aromatic rings. The van der Waals surface area contributed by atoms with Gasteiger partial charge in [0.2, 0.25) is 10.0 Å². The molecular formula is C11H15BrFNO3S. The van der Waals surface area contributed by atoms with Gasteiger partial charge in [0.1, 0.15) is 11.6 Å². The van der Waals surface area contributed by atoms with Gasteiger partial charge in [-0.2, -0.15) is 0 Å². The average molecular weight is 340 g/mol. The van der Waals surface area contributed by atoms with Crippen molar-refractivity contribution in [3.8, 4) is 5.75 Å². The maximum absolute atomic E-state index is 13.0. The Labute approximate surface area is 115 Å². The summed E-state index contributed by atoms with van der Waals surface area (Å²) in [5.41, 5.74) is -0.653. The Kier molecular flexibility index (Phi) is 4.74. The van der Waals surface area contributed by atoms with Crippen LogP contribution in [0.1, 0.15) is 13.8 Å². The number of nitrogens with two attached hydrogens (primary N) is 1. The van der Waals surface area contributed by atoms with Crippen molar-refractivity contribution in [3.63, 3.8) is 0 Å². The molecule has 1 rings (SSSR count).